The van der Waals surface area contributed by atoms with E-state index in [1.807, 2.05) is 13.8 Å². The van der Waals surface area contributed by atoms with Crippen LogP contribution in [0.2, 0.25) is 0 Å². The number of amides is 2. The van der Waals surface area contributed by atoms with Gasteiger partial charge in [-0.05, 0) is 11.8 Å². The van der Waals surface area contributed by atoms with Gasteiger partial charge in [0.25, 0.3) is 0 Å². The lowest BCUT2D eigenvalue weighted by atomic mass is 9.94. The van der Waals surface area contributed by atoms with Gasteiger partial charge in [0.1, 0.15) is 5.92 Å². The van der Waals surface area contributed by atoms with Gasteiger partial charge in [0.2, 0.25) is 11.8 Å². The largest absolute Gasteiger partial charge is 0.409 e. The Hall–Kier alpha value is -1.79. The van der Waals surface area contributed by atoms with Crippen molar-refractivity contribution in [2.45, 2.75) is 34.1 Å². The number of carbonyl (C=O) groups is 2. The van der Waals surface area contributed by atoms with Crippen LogP contribution >= 0.6 is 0 Å². The maximum Gasteiger partial charge on any atom is 0.231 e. The van der Waals surface area contributed by atoms with Crippen LogP contribution in [0.15, 0.2) is 5.16 Å². The molecule has 7 heteroatoms. The zero-order valence-corrected chi connectivity index (χ0v) is 12.6. The molecule has 0 aromatic carbocycles. The lowest BCUT2D eigenvalue weighted by Crippen LogP contribution is -2.43. The van der Waals surface area contributed by atoms with E-state index in [0.29, 0.717) is 12.5 Å². The Morgan fingerprint density at radius 3 is 2.25 bits per heavy atom. The normalized spacial score (nSPS) is 13.4. The van der Waals surface area contributed by atoms with Gasteiger partial charge in [-0.25, -0.2) is 0 Å². The second kappa shape index (κ2) is 9.17. The number of nitrogens with two attached hydrogens (primary N) is 1. The Labute approximate surface area is 120 Å². The van der Waals surface area contributed by atoms with Crippen molar-refractivity contribution in [1.82, 2.24) is 10.6 Å². The topological polar surface area (TPSA) is 117 Å². The molecule has 0 bridgehead atoms. The van der Waals surface area contributed by atoms with E-state index in [9.17, 15) is 9.59 Å². The summed E-state index contributed by atoms with van der Waals surface area (Å²) in [5.74, 6) is -0.976. The fraction of sp³-hybridized carbons (Fsp3) is 0.769. The Morgan fingerprint density at radius 1 is 1.20 bits per heavy atom. The van der Waals surface area contributed by atoms with Crippen molar-refractivity contribution in [3.63, 3.8) is 0 Å². The molecule has 20 heavy (non-hydrogen) atoms. The lowest BCUT2D eigenvalue weighted by Gasteiger charge is -2.18. The standard InChI is InChI=1S/C13H26N4O3/c1-8(2)7-16-10(18)5-6-15-13(19)11(9(3)4)12(14)17-20/h8-9,11,20H,5-7H2,1-4H3,(H2,14,17)(H,15,19)(H,16,18). The minimum absolute atomic E-state index is 0.0966. The van der Waals surface area contributed by atoms with Gasteiger partial charge in [0.05, 0.1) is 0 Å². The van der Waals surface area contributed by atoms with E-state index in [-0.39, 0.29) is 36.5 Å². The first kappa shape index (κ1) is 18.2. The third kappa shape index (κ3) is 6.96. The van der Waals surface area contributed by atoms with Gasteiger partial charge >= 0.3 is 0 Å². The summed E-state index contributed by atoms with van der Waals surface area (Å²) in [4.78, 5) is 23.4. The Kier molecular flexibility index (Phi) is 8.35. The molecule has 0 heterocycles. The molecule has 0 fully saturated rings. The molecular formula is C13H26N4O3. The molecule has 7 nitrogen and oxygen atoms in total. The Balaban J connectivity index is 4.17. The summed E-state index contributed by atoms with van der Waals surface area (Å²) >= 11 is 0. The lowest BCUT2D eigenvalue weighted by molar-refractivity contribution is -0.124. The van der Waals surface area contributed by atoms with Crippen molar-refractivity contribution in [3.05, 3.63) is 0 Å². The van der Waals surface area contributed by atoms with Crippen LogP contribution in [0.5, 0.6) is 0 Å². The van der Waals surface area contributed by atoms with Crippen LogP contribution in [0.3, 0.4) is 0 Å². The third-order valence-electron chi connectivity index (χ3n) is 2.74. The van der Waals surface area contributed by atoms with Crippen molar-refractivity contribution in [2.24, 2.45) is 28.6 Å². The molecule has 0 aliphatic heterocycles. The molecule has 0 aliphatic rings. The van der Waals surface area contributed by atoms with Crippen LogP contribution < -0.4 is 16.4 Å². The van der Waals surface area contributed by atoms with Crippen molar-refractivity contribution >= 4 is 17.6 Å². The summed E-state index contributed by atoms with van der Waals surface area (Å²) < 4.78 is 0. The molecule has 0 radical (unpaired) electrons. The van der Waals surface area contributed by atoms with Crippen LogP contribution in [-0.2, 0) is 9.59 Å². The second-order valence-electron chi connectivity index (χ2n) is 5.49. The highest BCUT2D eigenvalue weighted by Gasteiger charge is 2.26. The maximum absolute atomic E-state index is 11.9. The minimum atomic E-state index is -0.696. The molecule has 0 rings (SSSR count). The summed E-state index contributed by atoms with van der Waals surface area (Å²) in [5, 5.41) is 16.9. The fourth-order valence-corrected chi connectivity index (χ4v) is 1.66. The van der Waals surface area contributed by atoms with E-state index in [4.69, 9.17) is 10.9 Å². The van der Waals surface area contributed by atoms with Gasteiger partial charge < -0.3 is 21.6 Å². The van der Waals surface area contributed by atoms with E-state index in [2.05, 4.69) is 15.8 Å². The van der Waals surface area contributed by atoms with Crippen LogP contribution in [-0.4, -0.2) is 35.9 Å². The van der Waals surface area contributed by atoms with Crippen LogP contribution in [0.1, 0.15) is 34.1 Å². The van der Waals surface area contributed by atoms with E-state index < -0.39 is 5.92 Å². The first-order valence-electron chi connectivity index (χ1n) is 6.81. The Morgan fingerprint density at radius 2 is 1.80 bits per heavy atom. The molecule has 0 saturated heterocycles. The number of rotatable bonds is 8. The molecule has 0 aromatic rings. The summed E-state index contributed by atoms with van der Waals surface area (Å²) in [6.45, 7) is 8.46. The summed E-state index contributed by atoms with van der Waals surface area (Å²) in [6.07, 6.45) is 0.208. The van der Waals surface area contributed by atoms with Gasteiger partial charge in [0, 0.05) is 19.5 Å². The molecule has 0 spiro atoms. The van der Waals surface area contributed by atoms with E-state index >= 15 is 0 Å². The SMILES string of the molecule is CC(C)CNC(=O)CCNC(=O)C(C(N)=NO)C(C)C. The van der Waals surface area contributed by atoms with Gasteiger partial charge in [-0.1, -0.05) is 32.9 Å². The monoisotopic (exact) mass is 286 g/mol. The summed E-state index contributed by atoms with van der Waals surface area (Å²) in [6, 6.07) is 0. The summed E-state index contributed by atoms with van der Waals surface area (Å²) in [5.41, 5.74) is 5.49. The van der Waals surface area contributed by atoms with E-state index in [1.54, 1.807) is 13.8 Å². The van der Waals surface area contributed by atoms with Crippen LogP contribution in [0.4, 0.5) is 0 Å². The smallest absolute Gasteiger partial charge is 0.231 e. The number of amidine groups is 1. The molecule has 5 N–H and O–H groups in total. The first-order valence-corrected chi connectivity index (χ1v) is 6.81. The van der Waals surface area contributed by atoms with Gasteiger partial charge in [-0.2, -0.15) is 0 Å². The molecule has 1 unspecified atom stereocenters. The van der Waals surface area contributed by atoms with Gasteiger partial charge in [-0.15, -0.1) is 0 Å². The highest BCUT2D eigenvalue weighted by molar-refractivity contribution is 6.02. The van der Waals surface area contributed by atoms with Crippen molar-refractivity contribution in [1.29, 1.82) is 0 Å². The molecular weight excluding hydrogens is 260 g/mol. The van der Waals surface area contributed by atoms with Crippen molar-refractivity contribution in [2.75, 3.05) is 13.1 Å². The third-order valence-corrected chi connectivity index (χ3v) is 2.74. The molecule has 1 atom stereocenters. The molecule has 0 aliphatic carbocycles. The van der Waals surface area contributed by atoms with E-state index in [0.717, 1.165) is 0 Å². The van der Waals surface area contributed by atoms with Gasteiger partial charge in [0.15, 0.2) is 5.84 Å². The van der Waals surface area contributed by atoms with E-state index in [1.165, 1.54) is 0 Å². The molecule has 116 valence electrons. The average Bonchev–Trinajstić information content (AvgIpc) is 2.35. The van der Waals surface area contributed by atoms with Crippen LogP contribution in [0, 0.1) is 17.8 Å². The highest BCUT2D eigenvalue weighted by atomic mass is 16.4. The summed E-state index contributed by atoms with van der Waals surface area (Å²) in [7, 11) is 0. The Bertz CT molecular complexity index is 354. The number of oxime groups is 1. The first-order chi connectivity index (χ1) is 9.29. The molecule has 0 saturated carbocycles. The highest BCUT2D eigenvalue weighted by Crippen LogP contribution is 2.11. The minimum Gasteiger partial charge on any atom is -0.409 e. The average molecular weight is 286 g/mol. The number of nitrogens with zero attached hydrogens (tertiary/aromatic N) is 1. The molecule has 2 amide bonds. The zero-order valence-electron chi connectivity index (χ0n) is 12.6. The number of hydrogen-bond donors (Lipinski definition) is 4. The number of hydrogen-bond acceptors (Lipinski definition) is 4. The molecule has 0 aromatic heterocycles. The van der Waals surface area contributed by atoms with Crippen molar-refractivity contribution in [3.8, 4) is 0 Å². The second-order valence-corrected chi connectivity index (χ2v) is 5.49. The van der Waals surface area contributed by atoms with Gasteiger partial charge in [-0.3, -0.25) is 9.59 Å². The van der Waals surface area contributed by atoms with Crippen molar-refractivity contribution < 1.29 is 14.8 Å². The maximum atomic E-state index is 11.9. The fourth-order valence-electron chi connectivity index (χ4n) is 1.66. The quantitative estimate of drug-likeness (QED) is 0.222. The number of nitrogens with one attached hydrogen (secondary N) is 2. The predicted octanol–water partition coefficient (Wildman–Crippen LogP) is 0.284. The predicted molar refractivity (Wildman–Crippen MR) is 77.2 cm³/mol. The van der Waals surface area contributed by atoms with Crippen LogP contribution in [0.25, 0.3) is 0 Å². The number of carbonyl (C=O) groups excluding carboxylic acids is 2. The zero-order chi connectivity index (χ0) is 15.7.